The second kappa shape index (κ2) is 9.64. The minimum atomic E-state index is 0.531. The van der Waals surface area contributed by atoms with Crippen molar-refractivity contribution >= 4 is 33.5 Å². The Morgan fingerprint density at radius 3 is 2.80 bits per heavy atom. The molecule has 0 radical (unpaired) electrons. The number of rotatable bonds is 9. The van der Waals surface area contributed by atoms with Crippen LogP contribution in [0.3, 0.4) is 0 Å². The Labute approximate surface area is 136 Å². The average Bonchev–Trinajstić information content (AvgIpc) is 2.44. The summed E-state index contributed by atoms with van der Waals surface area (Å²) in [7, 11) is 2.16. The fraction of sp³-hybridized carbons (Fsp3) is 0.667. The van der Waals surface area contributed by atoms with Gasteiger partial charge in [-0.1, -0.05) is 13.8 Å². The normalized spacial score (nSPS) is 12.4. The van der Waals surface area contributed by atoms with Crippen molar-refractivity contribution in [3.05, 3.63) is 22.3 Å². The molecular formula is C15H26BrN3S. The Morgan fingerprint density at radius 2 is 2.20 bits per heavy atom. The highest BCUT2D eigenvalue weighted by Crippen LogP contribution is 2.24. The zero-order valence-corrected chi connectivity index (χ0v) is 15.4. The maximum absolute atomic E-state index is 4.64. The number of pyridine rings is 1. The molecular weight excluding hydrogens is 334 g/mol. The van der Waals surface area contributed by atoms with E-state index in [2.05, 4.69) is 64.3 Å². The second-order valence-electron chi connectivity index (χ2n) is 4.94. The van der Waals surface area contributed by atoms with Crippen molar-refractivity contribution in [3.63, 3.8) is 0 Å². The average molecular weight is 360 g/mol. The SMILES string of the molecule is CCCNCc1cc(Br)cnc1N(C)C(CC)CSC. The third-order valence-electron chi connectivity index (χ3n) is 3.36. The maximum Gasteiger partial charge on any atom is 0.133 e. The van der Waals surface area contributed by atoms with Crippen LogP contribution in [0.15, 0.2) is 16.7 Å². The molecule has 1 N–H and O–H groups in total. The fourth-order valence-electron chi connectivity index (χ4n) is 2.19. The molecule has 0 spiro atoms. The number of halogens is 1. The van der Waals surface area contributed by atoms with Crippen LogP contribution in [0.2, 0.25) is 0 Å². The van der Waals surface area contributed by atoms with Gasteiger partial charge >= 0.3 is 0 Å². The topological polar surface area (TPSA) is 28.2 Å². The van der Waals surface area contributed by atoms with E-state index in [1.165, 1.54) is 5.56 Å². The van der Waals surface area contributed by atoms with Crippen molar-refractivity contribution in [1.29, 1.82) is 0 Å². The molecule has 5 heteroatoms. The van der Waals surface area contributed by atoms with E-state index in [0.717, 1.165) is 42.0 Å². The van der Waals surface area contributed by atoms with E-state index >= 15 is 0 Å². The van der Waals surface area contributed by atoms with E-state index in [4.69, 9.17) is 0 Å². The summed E-state index contributed by atoms with van der Waals surface area (Å²) in [6.45, 7) is 6.34. The Hall–Kier alpha value is -0.260. The summed E-state index contributed by atoms with van der Waals surface area (Å²) in [5, 5.41) is 3.47. The first-order valence-electron chi connectivity index (χ1n) is 7.20. The molecule has 0 saturated heterocycles. The molecule has 20 heavy (non-hydrogen) atoms. The molecule has 3 nitrogen and oxygen atoms in total. The van der Waals surface area contributed by atoms with Gasteiger partial charge in [0.05, 0.1) is 0 Å². The largest absolute Gasteiger partial charge is 0.356 e. The first kappa shape index (κ1) is 17.8. The van der Waals surface area contributed by atoms with Crippen LogP contribution in [-0.2, 0) is 6.54 Å². The van der Waals surface area contributed by atoms with Gasteiger partial charge in [0.1, 0.15) is 5.82 Å². The van der Waals surface area contributed by atoms with Crippen LogP contribution in [0.5, 0.6) is 0 Å². The van der Waals surface area contributed by atoms with Gasteiger partial charge in [-0.25, -0.2) is 4.98 Å². The maximum atomic E-state index is 4.64. The zero-order valence-electron chi connectivity index (χ0n) is 12.9. The lowest BCUT2D eigenvalue weighted by Crippen LogP contribution is -2.35. The minimum Gasteiger partial charge on any atom is -0.356 e. The molecule has 114 valence electrons. The summed E-state index contributed by atoms with van der Waals surface area (Å²) in [4.78, 5) is 6.96. The second-order valence-corrected chi connectivity index (χ2v) is 6.77. The van der Waals surface area contributed by atoms with Crippen LogP contribution in [-0.4, -0.2) is 36.6 Å². The van der Waals surface area contributed by atoms with E-state index < -0.39 is 0 Å². The highest BCUT2D eigenvalue weighted by molar-refractivity contribution is 9.10. The van der Waals surface area contributed by atoms with Crippen LogP contribution >= 0.6 is 27.7 Å². The summed E-state index contributed by atoms with van der Waals surface area (Å²) in [6.07, 6.45) is 6.34. The van der Waals surface area contributed by atoms with Crippen LogP contribution in [0, 0.1) is 0 Å². The lowest BCUT2D eigenvalue weighted by atomic mass is 10.2. The van der Waals surface area contributed by atoms with E-state index in [1.807, 2.05) is 18.0 Å². The molecule has 0 aliphatic rings. The van der Waals surface area contributed by atoms with Crippen molar-refractivity contribution < 1.29 is 0 Å². The minimum absolute atomic E-state index is 0.531. The number of hydrogen-bond donors (Lipinski definition) is 1. The number of nitrogens with zero attached hydrogens (tertiary/aromatic N) is 2. The van der Waals surface area contributed by atoms with E-state index in [1.54, 1.807) is 0 Å². The highest BCUT2D eigenvalue weighted by Gasteiger charge is 2.17. The van der Waals surface area contributed by atoms with Crippen molar-refractivity contribution in [2.45, 2.75) is 39.3 Å². The Morgan fingerprint density at radius 1 is 1.45 bits per heavy atom. The van der Waals surface area contributed by atoms with Gasteiger partial charge in [-0.05, 0) is 47.6 Å². The van der Waals surface area contributed by atoms with Crippen molar-refractivity contribution in [2.75, 3.05) is 30.5 Å². The van der Waals surface area contributed by atoms with Gasteiger partial charge in [-0.3, -0.25) is 0 Å². The van der Waals surface area contributed by atoms with Gasteiger partial charge < -0.3 is 10.2 Å². The fourth-order valence-corrected chi connectivity index (χ4v) is 3.41. The molecule has 1 atom stereocenters. The molecule has 0 saturated carbocycles. The molecule has 1 unspecified atom stereocenters. The van der Waals surface area contributed by atoms with Gasteiger partial charge in [0.2, 0.25) is 0 Å². The summed E-state index contributed by atoms with van der Waals surface area (Å²) in [5.41, 5.74) is 1.26. The predicted octanol–water partition coefficient (Wildman–Crippen LogP) is 3.92. The molecule has 0 aliphatic carbocycles. The molecule has 0 fully saturated rings. The first-order chi connectivity index (χ1) is 9.63. The molecule has 0 aromatic carbocycles. The molecule has 0 aliphatic heterocycles. The van der Waals surface area contributed by atoms with Gasteiger partial charge in [0.15, 0.2) is 0 Å². The van der Waals surface area contributed by atoms with Gasteiger partial charge in [-0.15, -0.1) is 0 Å². The predicted molar refractivity (Wildman–Crippen MR) is 94.8 cm³/mol. The quantitative estimate of drug-likeness (QED) is 0.676. The van der Waals surface area contributed by atoms with Crippen molar-refractivity contribution in [1.82, 2.24) is 10.3 Å². The van der Waals surface area contributed by atoms with Crippen LogP contribution < -0.4 is 10.2 Å². The zero-order chi connectivity index (χ0) is 15.0. The number of anilines is 1. The van der Waals surface area contributed by atoms with E-state index in [9.17, 15) is 0 Å². The summed E-state index contributed by atoms with van der Waals surface area (Å²) < 4.78 is 1.04. The lowest BCUT2D eigenvalue weighted by molar-refractivity contribution is 0.645. The summed E-state index contributed by atoms with van der Waals surface area (Å²) in [5.74, 6) is 2.23. The number of thioether (sulfide) groups is 1. The molecule has 1 aromatic heterocycles. The molecule has 0 bridgehead atoms. The molecule has 1 rings (SSSR count). The summed E-state index contributed by atoms with van der Waals surface area (Å²) in [6, 6.07) is 2.71. The smallest absolute Gasteiger partial charge is 0.133 e. The first-order valence-corrected chi connectivity index (χ1v) is 9.39. The third kappa shape index (κ3) is 5.26. The standard InChI is InChI=1S/C15H26BrN3S/c1-5-7-17-9-12-8-13(16)10-18-15(12)19(3)14(6-2)11-20-4/h8,10,14,17H,5-7,9,11H2,1-4H3. The van der Waals surface area contributed by atoms with E-state index in [0.29, 0.717) is 6.04 Å². The number of nitrogens with one attached hydrogen (secondary N) is 1. The van der Waals surface area contributed by atoms with Gasteiger partial charge in [0, 0.05) is 41.6 Å². The van der Waals surface area contributed by atoms with Crippen molar-refractivity contribution in [3.8, 4) is 0 Å². The number of hydrogen-bond acceptors (Lipinski definition) is 4. The van der Waals surface area contributed by atoms with Gasteiger partial charge in [0.25, 0.3) is 0 Å². The lowest BCUT2D eigenvalue weighted by Gasteiger charge is -2.29. The van der Waals surface area contributed by atoms with Crippen LogP contribution in [0.25, 0.3) is 0 Å². The monoisotopic (exact) mass is 359 g/mol. The molecule has 0 amide bonds. The molecule has 1 aromatic rings. The van der Waals surface area contributed by atoms with Crippen LogP contribution in [0.4, 0.5) is 5.82 Å². The highest BCUT2D eigenvalue weighted by atomic mass is 79.9. The summed E-state index contributed by atoms with van der Waals surface area (Å²) >= 11 is 5.42. The number of aromatic nitrogens is 1. The van der Waals surface area contributed by atoms with Crippen LogP contribution in [0.1, 0.15) is 32.3 Å². The van der Waals surface area contributed by atoms with Gasteiger partial charge in [-0.2, -0.15) is 11.8 Å². The Kier molecular flexibility index (Phi) is 8.57. The Balaban J connectivity index is 2.90. The third-order valence-corrected chi connectivity index (χ3v) is 4.52. The molecule has 1 heterocycles. The Bertz CT molecular complexity index is 401. The van der Waals surface area contributed by atoms with E-state index in [-0.39, 0.29) is 0 Å². The van der Waals surface area contributed by atoms with Crippen molar-refractivity contribution in [2.24, 2.45) is 0 Å².